The first kappa shape index (κ1) is 12.4. The standard InChI is InChI=1S/C14H28N2/c1-12(2)10-15-11-13-6-7-14(13)16-8-4-3-5-9-16/h12-15H,3-11H2,1-2H3. The van der Waals surface area contributed by atoms with Gasteiger partial charge in [-0.3, -0.25) is 0 Å². The van der Waals surface area contributed by atoms with E-state index < -0.39 is 0 Å². The molecule has 0 spiro atoms. The second-order valence-electron chi connectivity index (χ2n) is 6.05. The maximum absolute atomic E-state index is 3.63. The molecular weight excluding hydrogens is 196 g/mol. The second kappa shape index (κ2) is 6.02. The first-order valence-corrected chi connectivity index (χ1v) is 7.22. The predicted molar refractivity (Wildman–Crippen MR) is 69.6 cm³/mol. The Morgan fingerprint density at radius 2 is 1.88 bits per heavy atom. The summed E-state index contributed by atoms with van der Waals surface area (Å²) in [4.78, 5) is 2.76. The van der Waals surface area contributed by atoms with E-state index in [4.69, 9.17) is 0 Å². The highest BCUT2D eigenvalue weighted by Gasteiger charge is 2.35. The molecule has 2 aliphatic rings. The predicted octanol–water partition coefficient (Wildman–Crippen LogP) is 2.50. The zero-order valence-electron chi connectivity index (χ0n) is 11.0. The molecule has 1 saturated carbocycles. The van der Waals surface area contributed by atoms with Crippen molar-refractivity contribution in [3.05, 3.63) is 0 Å². The SMILES string of the molecule is CC(C)CNCC1CCC1N1CCCCC1. The van der Waals surface area contributed by atoms with Crippen molar-refractivity contribution in [3.8, 4) is 0 Å². The molecule has 2 nitrogen and oxygen atoms in total. The van der Waals surface area contributed by atoms with Gasteiger partial charge in [0, 0.05) is 6.04 Å². The molecule has 2 atom stereocenters. The third kappa shape index (κ3) is 3.21. The van der Waals surface area contributed by atoms with Gasteiger partial charge in [-0.2, -0.15) is 0 Å². The number of hydrogen-bond acceptors (Lipinski definition) is 2. The largest absolute Gasteiger partial charge is 0.316 e. The van der Waals surface area contributed by atoms with Crippen molar-refractivity contribution in [2.24, 2.45) is 11.8 Å². The zero-order valence-corrected chi connectivity index (χ0v) is 11.0. The summed E-state index contributed by atoms with van der Waals surface area (Å²) in [5.41, 5.74) is 0. The lowest BCUT2D eigenvalue weighted by Crippen LogP contribution is -2.52. The van der Waals surface area contributed by atoms with Crippen LogP contribution in [0.4, 0.5) is 0 Å². The highest BCUT2D eigenvalue weighted by atomic mass is 15.2. The maximum atomic E-state index is 3.63. The van der Waals surface area contributed by atoms with Gasteiger partial charge in [0.25, 0.3) is 0 Å². The molecule has 0 bridgehead atoms. The van der Waals surface area contributed by atoms with Crippen LogP contribution in [0.2, 0.25) is 0 Å². The van der Waals surface area contributed by atoms with Gasteiger partial charge in [-0.15, -0.1) is 0 Å². The number of piperidine rings is 1. The Morgan fingerprint density at radius 1 is 1.12 bits per heavy atom. The molecule has 2 rings (SSSR count). The van der Waals surface area contributed by atoms with Gasteiger partial charge in [-0.05, 0) is 63.7 Å². The van der Waals surface area contributed by atoms with Gasteiger partial charge in [-0.1, -0.05) is 20.3 Å². The second-order valence-corrected chi connectivity index (χ2v) is 6.05. The average molecular weight is 224 g/mol. The minimum atomic E-state index is 0.786. The Bertz CT molecular complexity index is 197. The first-order chi connectivity index (χ1) is 7.77. The molecule has 1 N–H and O–H groups in total. The van der Waals surface area contributed by atoms with Crippen LogP contribution in [0.5, 0.6) is 0 Å². The van der Waals surface area contributed by atoms with Gasteiger partial charge in [0.05, 0.1) is 0 Å². The third-order valence-corrected chi connectivity index (χ3v) is 4.20. The van der Waals surface area contributed by atoms with Gasteiger partial charge < -0.3 is 10.2 Å². The van der Waals surface area contributed by atoms with Crippen molar-refractivity contribution in [3.63, 3.8) is 0 Å². The molecule has 16 heavy (non-hydrogen) atoms. The molecule has 1 aliphatic carbocycles. The normalized spacial score (nSPS) is 31.7. The molecule has 0 aromatic carbocycles. The summed E-state index contributed by atoms with van der Waals surface area (Å²) in [5.74, 6) is 1.73. The van der Waals surface area contributed by atoms with Gasteiger partial charge in [0.2, 0.25) is 0 Å². The molecule has 94 valence electrons. The lowest BCUT2D eigenvalue weighted by molar-refractivity contribution is 0.0467. The van der Waals surface area contributed by atoms with Gasteiger partial charge >= 0.3 is 0 Å². The molecule has 2 fully saturated rings. The van der Waals surface area contributed by atoms with Crippen molar-refractivity contribution < 1.29 is 0 Å². The van der Waals surface area contributed by atoms with Crippen LogP contribution < -0.4 is 5.32 Å². The molecule has 1 heterocycles. The fourth-order valence-corrected chi connectivity index (χ4v) is 3.08. The Morgan fingerprint density at radius 3 is 2.44 bits per heavy atom. The summed E-state index contributed by atoms with van der Waals surface area (Å²) in [5, 5.41) is 3.63. The van der Waals surface area contributed by atoms with E-state index in [0.717, 1.165) is 17.9 Å². The Labute approximate surface area is 101 Å². The van der Waals surface area contributed by atoms with E-state index >= 15 is 0 Å². The first-order valence-electron chi connectivity index (χ1n) is 7.22. The summed E-state index contributed by atoms with van der Waals surface area (Å²) in [6, 6.07) is 0.917. The minimum Gasteiger partial charge on any atom is -0.316 e. The average Bonchev–Trinajstić information content (AvgIpc) is 2.24. The molecule has 0 aromatic rings. The van der Waals surface area contributed by atoms with E-state index in [9.17, 15) is 0 Å². The highest BCUT2D eigenvalue weighted by Crippen LogP contribution is 2.33. The van der Waals surface area contributed by atoms with Crippen LogP contribution in [-0.4, -0.2) is 37.1 Å². The quantitative estimate of drug-likeness (QED) is 0.772. The summed E-state index contributed by atoms with van der Waals surface area (Å²) < 4.78 is 0. The zero-order chi connectivity index (χ0) is 11.4. The number of nitrogens with one attached hydrogen (secondary N) is 1. The van der Waals surface area contributed by atoms with Gasteiger partial charge in [-0.25, -0.2) is 0 Å². The maximum Gasteiger partial charge on any atom is 0.0136 e. The Balaban J connectivity index is 1.66. The molecule has 0 aromatic heterocycles. The van der Waals surface area contributed by atoms with Crippen molar-refractivity contribution in [1.82, 2.24) is 10.2 Å². The van der Waals surface area contributed by atoms with E-state index in [1.807, 2.05) is 0 Å². The van der Waals surface area contributed by atoms with Crippen LogP contribution in [0.15, 0.2) is 0 Å². The van der Waals surface area contributed by atoms with Crippen molar-refractivity contribution >= 4 is 0 Å². The van der Waals surface area contributed by atoms with Crippen LogP contribution in [0, 0.1) is 11.8 Å². The summed E-state index contributed by atoms with van der Waals surface area (Å²) in [6.07, 6.45) is 7.23. The van der Waals surface area contributed by atoms with Crippen molar-refractivity contribution in [2.75, 3.05) is 26.2 Å². The third-order valence-electron chi connectivity index (χ3n) is 4.20. The molecule has 2 heteroatoms. The van der Waals surface area contributed by atoms with Crippen LogP contribution in [0.25, 0.3) is 0 Å². The van der Waals surface area contributed by atoms with Crippen LogP contribution in [-0.2, 0) is 0 Å². The summed E-state index contributed by atoms with van der Waals surface area (Å²) in [6.45, 7) is 9.74. The molecule has 1 saturated heterocycles. The van der Waals surface area contributed by atoms with E-state index in [2.05, 4.69) is 24.1 Å². The Hall–Kier alpha value is -0.0800. The number of hydrogen-bond donors (Lipinski definition) is 1. The fraction of sp³-hybridized carbons (Fsp3) is 1.00. The Kier molecular flexibility index (Phi) is 4.66. The van der Waals surface area contributed by atoms with E-state index in [1.165, 1.54) is 58.3 Å². The molecule has 0 amide bonds. The topological polar surface area (TPSA) is 15.3 Å². The number of likely N-dealkylation sites (tertiary alicyclic amines) is 1. The van der Waals surface area contributed by atoms with E-state index in [-0.39, 0.29) is 0 Å². The summed E-state index contributed by atoms with van der Waals surface area (Å²) >= 11 is 0. The molecule has 0 radical (unpaired) electrons. The molecule has 1 aliphatic heterocycles. The van der Waals surface area contributed by atoms with E-state index in [1.54, 1.807) is 0 Å². The number of rotatable bonds is 5. The van der Waals surface area contributed by atoms with Crippen LogP contribution in [0.1, 0.15) is 46.0 Å². The van der Waals surface area contributed by atoms with Gasteiger partial charge in [0.15, 0.2) is 0 Å². The van der Waals surface area contributed by atoms with E-state index in [0.29, 0.717) is 0 Å². The number of nitrogens with zero attached hydrogens (tertiary/aromatic N) is 1. The van der Waals surface area contributed by atoms with Crippen molar-refractivity contribution in [2.45, 2.75) is 52.0 Å². The van der Waals surface area contributed by atoms with Crippen molar-refractivity contribution in [1.29, 1.82) is 0 Å². The fourth-order valence-electron chi connectivity index (χ4n) is 3.08. The monoisotopic (exact) mass is 224 g/mol. The lowest BCUT2D eigenvalue weighted by Gasteiger charge is -2.46. The van der Waals surface area contributed by atoms with Crippen LogP contribution >= 0.6 is 0 Å². The molecule has 2 unspecified atom stereocenters. The van der Waals surface area contributed by atoms with Crippen LogP contribution in [0.3, 0.4) is 0 Å². The summed E-state index contributed by atoms with van der Waals surface area (Å²) in [7, 11) is 0. The minimum absolute atomic E-state index is 0.786. The van der Waals surface area contributed by atoms with Gasteiger partial charge in [0.1, 0.15) is 0 Å². The molecular formula is C14H28N2. The lowest BCUT2D eigenvalue weighted by atomic mass is 9.77. The highest BCUT2D eigenvalue weighted by molar-refractivity contribution is 4.90. The smallest absolute Gasteiger partial charge is 0.0136 e.